The summed E-state index contributed by atoms with van der Waals surface area (Å²) in [5.41, 5.74) is 1.85. The molecule has 2 aromatic rings. The van der Waals surface area contributed by atoms with Crippen molar-refractivity contribution < 1.29 is 9.59 Å². The van der Waals surface area contributed by atoms with Crippen LogP contribution in [-0.2, 0) is 4.79 Å². The molecule has 0 aliphatic carbocycles. The van der Waals surface area contributed by atoms with E-state index >= 15 is 0 Å². The van der Waals surface area contributed by atoms with Crippen LogP contribution in [0.2, 0.25) is 0 Å². The van der Waals surface area contributed by atoms with Gasteiger partial charge in [-0.3, -0.25) is 9.59 Å². The summed E-state index contributed by atoms with van der Waals surface area (Å²) in [7, 11) is 1.59. The summed E-state index contributed by atoms with van der Waals surface area (Å²) in [5.74, 6) is -0.517. The SMILES string of the molecule is CSc1ccccc1NC(=O)CN(C)C(=O)c1cccc(C)n1. The average Bonchev–Trinajstić information content (AvgIpc) is 2.54. The van der Waals surface area contributed by atoms with Crippen LogP contribution in [0, 0.1) is 6.92 Å². The van der Waals surface area contributed by atoms with Crippen molar-refractivity contribution in [3.05, 3.63) is 53.9 Å². The Morgan fingerprint density at radius 2 is 1.91 bits per heavy atom. The van der Waals surface area contributed by atoms with Crippen molar-refractivity contribution in [1.82, 2.24) is 9.88 Å². The number of benzene rings is 1. The molecule has 6 heteroatoms. The molecule has 1 aromatic carbocycles. The van der Waals surface area contributed by atoms with E-state index < -0.39 is 0 Å². The van der Waals surface area contributed by atoms with Gasteiger partial charge in [-0.15, -0.1) is 11.8 Å². The normalized spacial score (nSPS) is 10.2. The van der Waals surface area contributed by atoms with Gasteiger partial charge in [0.05, 0.1) is 12.2 Å². The standard InChI is InChI=1S/C17H19N3O2S/c1-12-7-6-9-14(18-12)17(22)20(2)11-16(21)19-13-8-4-5-10-15(13)23-3/h4-10H,11H2,1-3H3,(H,19,21). The molecule has 0 spiro atoms. The minimum atomic E-state index is -0.276. The molecule has 23 heavy (non-hydrogen) atoms. The average molecular weight is 329 g/mol. The zero-order chi connectivity index (χ0) is 16.8. The topological polar surface area (TPSA) is 62.3 Å². The summed E-state index contributed by atoms with van der Waals surface area (Å²) < 4.78 is 0. The number of nitrogens with zero attached hydrogens (tertiary/aromatic N) is 2. The minimum absolute atomic E-state index is 0.0306. The molecule has 5 nitrogen and oxygen atoms in total. The molecule has 0 radical (unpaired) electrons. The van der Waals surface area contributed by atoms with Crippen LogP contribution in [0.3, 0.4) is 0 Å². The fraction of sp³-hybridized carbons (Fsp3) is 0.235. The largest absolute Gasteiger partial charge is 0.331 e. The predicted molar refractivity (Wildman–Crippen MR) is 92.8 cm³/mol. The first-order valence-electron chi connectivity index (χ1n) is 7.13. The highest BCUT2D eigenvalue weighted by Crippen LogP contribution is 2.24. The van der Waals surface area contributed by atoms with E-state index in [2.05, 4.69) is 10.3 Å². The van der Waals surface area contributed by atoms with Crippen LogP contribution in [0.15, 0.2) is 47.4 Å². The molecule has 0 saturated carbocycles. The molecule has 2 amide bonds. The zero-order valence-electron chi connectivity index (χ0n) is 13.4. The Labute approximate surface area is 140 Å². The molecule has 1 heterocycles. The van der Waals surface area contributed by atoms with Crippen molar-refractivity contribution in [2.24, 2.45) is 0 Å². The number of rotatable bonds is 5. The van der Waals surface area contributed by atoms with Crippen molar-refractivity contribution in [3.63, 3.8) is 0 Å². The molecule has 0 unspecified atom stereocenters. The Morgan fingerprint density at radius 3 is 2.61 bits per heavy atom. The maximum atomic E-state index is 12.3. The first-order valence-corrected chi connectivity index (χ1v) is 8.35. The van der Waals surface area contributed by atoms with E-state index in [0.29, 0.717) is 5.69 Å². The van der Waals surface area contributed by atoms with Crippen molar-refractivity contribution >= 4 is 29.3 Å². The van der Waals surface area contributed by atoms with Gasteiger partial charge in [0.15, 0.2) is 0 Å². The van der Waals surface area contributed by atoms with E-state index in [1.54, 1.807) is 30.9 Å². The van der Waals surface area contributed by atoms with Crippen molar-refractivity contribution in [2.45, 2.75) is 11.8 Å². The number of anilines is 1. The van der Waals surface area contributed by atoms with Gasteiger partial charge >= 0.3 is 0 Å². The Morgan fingerprint density at radius 1 is 1.17 bits per heavy atom. The fourth-order valence-electron chi connectivity index (χ4n) is 2.08. The summed E-state index contributed by atoms with van der Waals surface area (Å²) in [6, 6.07) is 12.8. The van der Waals surface area contributed by atoms with E-state index in [1.165, 1.54) is 4.90 Å². The van der Waals surface area contributed by atoms with Crippen molar-refractivity contribution in [2.75, 3.05) is 25.2 Å². The van der Waals surface area contributed by atoms with Crippen LogP contribution in [0.1, 0.15) is 16.2 Å². The van der Waals surface area contributed by atoms with Gasteiger partial charge in [0.1, 0.15) is 5.69 Å². The smallest absolute Gasteiger partial charge is 0.272 e. The highest BCUT2D eigenvalue weighted by molar-refractivity contribution is 7.98. The van der Waals surface area contributed by atoms with E-state index in [0.717, 1.165) is 16.3 Å². The highest BCUT2D eigenvalue weighted by atomic mass is 32.2. The lowest BCUT2D eigenvalue weighted by molar-refractivity contribution is -0.116. The number of pyridine rings is 1. The number of amides is 2. The van der Waals surface area contributed by atoms with E-state index in [9.17, 15) is 9.59 Å². The molecule has 1 aromatic heterocycles. The molecule has 0 aliphatic heterocycles. The Bertz CT molecular complexity index is 718. The monoisotopic (exact) mass is 329 g/mol. The molecule has 0 bridgehead atoms. The Balaban J connectivity index is 2.01. The molecular weight excluding hydrogens is 310 g/mol. The van der Waals surface area contributed by atoms with E-state index in [1.807, 2.05) is 43.5 Å². The minimum Gasteiger partial charge on any atom is -0.331 e. The molecule has 0 fully saturated rings. The highest BCUT2D eigenvalue weighted by Gasteiger charge is 2.16. The number of para-hydroxylation sites is 1. The number of hydrogen-bond acceptors (Lipinski definition) is 4. The Hall–Kier alpha value is -2.34. The maximum Gasteiger partial charge on any atom is 0.272 e. The van der Waals surface area contributed by atoms with Crippen LogP contribution < -0.4 is 5.32 Å². The third kappa shape index (κ3) is 4.56. The Kier molecular flexibility index (Phi) is 5.76. The zero-order valence-corrected chi connectivity index (χ0v) is 14.2. The van der Waals surface area contributed by atoms with Gasteiger partial charge in [0.2, 0.25) is 5.91 Å². The van der Waals surface area contributed by atoms with Gasteiger partial charge < -0.3 is 10.2 Å². The molecular formula is C17H19N3O2S. The summed E-state index contributed by atoms with van der Waals surface area (Å²) >= 11 is 1.56. The number of aryl methyl sites for hydroxylation is 1. The van der Waals surface area contributed by atoms with Crippen LogP contribution in [-0.4, -0.2) is 41.5 Å². The lowest BCUT2D eigenvalue weighted by Crippen LogP contribution is -2.35. The maximum absolute atomic E-state index is 12.3. The summed E-state index contributed by atoms with van der Waals surface area (Å²) in [5, 5.41) is 2.84. The van der Waals surface area contributed by atoms with Gasteiger partial charge in [-0.25, -0.2) is 4.98 Å². The quantitative estimate of drug-likeness (QED) is 0.857. The predicted octanol–water partition coefficient (Wildman–Crippen LogP) is 2.82. The lowest BCUT2D eigenvalue weighted by Gasteiger charge is -2.17. The molecule has 0 atom stereocenters. The number of aromatic nitrogens is 1. The third-order valence-corrected chi connectivity index (χ3v) is 4.01. The van der Waals surface area contributed by atoms with Crippen LogP contribution in [0.5, 0.6) is 0 Å². The van der Waals surface area contributed by atoms with Gasteiger partial charge in [-0.2, -0.15) is 0 Å². The molecule has 1 N–H and O–H groups in total. The first kappa shape index (κ1) is 17.0. The van der Waals surface area contributed by atoms with Crippen LogP contribution >= 0.6 is 11.8 Å². The number of hydrogen-bond donors (Lipinski definition) is 1. The first-order chi connectivity index (χ1) is 11.0. The molecule has 0 saturated heterocycles. The summed E-state index contributed by atoms with van der Waals surface area (Å²) in [6.45, 7) is 1.79. The second-order valence-corrected chi connectivity index (χ2v) is 5.92. The van der Waals surface area contributed by atoms with Gasteiger partial charge in [-0.1, -0.05) is 18.2 Å². The van der Waals surface area contributed by atoms with Gasteiger partial charge in [-0.05, 0) is 37.4 Å². The number of likely N-dealkylation sites (N-methyl/N-ethyl adjacent to an activating group) is 1. The summed E-state index contributed by atoms with van der Waals surface area (Å²) in [6.07, 6.45) is 1.95. The summed E-state index contributed by atoms with van der Waals surface area (Å²) in [4.78, 5) is 31.0. The third-order valence-electron chi connectivity index (χ3n) is 3.22. The molecule has 120 valence electrons. The second kappa shape index (κ2) is 7.78. The number of carbonyl (C=O) groups excluding carboxylic acids is 2. The fourth-order valence-corrected chi connectivity index (χ4v) is 2.64. The van der Waals surface area contributed by atoms with E-state index in [-0.39, 0.29) is 18.4 Å². The van der Waals surface area contributed by atoms with Crippen LogP contribution in [0.25, 0.3) is 0 Å². The van der Waals surface area contributed by atoms with E-state index in [4.69, 9.17) is 0 Å². The lowest BCUT2D eigenvalue weighted by atomic mass is 10.3. The number of nitrogens with one attached hydrogen (secondary N) is 1. The van der Waals surface area contributed by atoms with Crippen molar-refractivity contribution in [1.29, 1.82) is 0 Å². The molecule has 0 aliphatic rings. The number of carbonyl (C=O) groups is 2. The van der Waals surface area contributed by atoms with Crippen molar-refractivity contribution in [3.8, 4) is 0 Å². The van der Waals surface area contributed by atoms with Gasteiger partial charge in [0, 0.05) is 17.6 Å². The second-order valence-electron chi connectivity index (χ2n) is 5.07. The molecule has 2 rings (SSSR count). The van der Waals surface area contributed by atoms with Gasteiger partial charge in [0.25, 0.3) is 5.91 Å². The van der Waals surface area contributed by atoms with Crippen LogP contribution in [0.4, 0.5) is 5.69 Å². The number of thioether (sulfide) groups is 1.